The molecule has 0 spiro atoms. The fourth-order valence-corrected chi connectivity index (χ4v) is 0.510. The molecule has 46 valence electrons. The summed E-state index contributed by atoms with van der Waals surface area (Å²) in [6.07, 6.45) is 2.56. The maximum absolute atomic E-state index is 4.94. The lowest BCUT2D eigenvalue weighted by Gasteiger charge is -1.76. The van der Waals surface area contributed by atoms with E-state index in [0.717, 1.165) is 13.2 Å². The molecule has 0 radical (unpaired) electrons. The molecule has 1 fully saturated rings. The second-order valence-electron chi connectivity index (χ2n) is 1.32. The molecule has 0 bridgehead atoms. The van der Waals surface area contributed by atoms with Crippen LogP contribution in [0, 0.1) is 0 Å². The lowest BCUT2D eigenvalue weighted by atomic mass is 10.4. The number of hydrogen-bond acceptors (Lipinski definition) is 1. The SMILES string of the molecule is C1CCOC1.O.S. The van der Waals surface area contributed by atoms with Crippen molar-refractivity contribution in [1.82, 2.24) is 0 Å². The van der Waals surface area contributed by atoms with Gasteiger partial charge in [0.2, 0.25) is 0 Å². The molecule has 1 saturated heterocycles. The van der Waals surface area contributed by atoms with Gasteiger partial charge in [0, 0.05) is 13.2 Å². The predicted molar refractivity (Wildman–Crippen MR) is 34.0 cm³/mol. The third kappa shape index (κ3) is 4.12. The smallest absolute Gasteiger partial charge is 0.0466 e. The van der Waals surface area contributed by atoms with Crippen LogP contribution in [-0.2, 0) is 4.74 Å². The summed E-state index contributed by atoms with van der Waals surface area (Å²) in [5.41, 5.74) is 0. The molecule has 0 aromatic rings. The summed E-state index contributed by atoms with van der Waals surface area (Å²) in [6.45, 7) is 2.00. The Labute approximate surface area is 50.6 Å². The van der Waals surface area contributed by atoms with Crippen LogP contribution >= 0.6 is 13.5 Å². The molecule has 0 aromatic carbocycles. The average molecular weight is 124 g/mol. The second kappa shape index (κ2) is 6.27. The van der Waals surface area contributed by atoms with Crippen molar-refractivity contribution in [3.63, 3.8) is 0 Å². The average Bonchev–Trinajstić information content (AvgIpc) is 1.76. The standard InChI is InChI=1S/C4H8O.H2O.H2S/c1-2-4-5-3-1;;/h1-4H2;2*1H2. The zero-order valence-corrected chi connectivity index (χ0v) is 5.24. The van der Waals surface area contributed by atoms with Crippen molar-refractivity contribution in [3.8, 4) is 0 Å². The van der Waals surface area contributed by atoms with E-state index < -0.39 is 0 Å². The van der Waals surface area contributed by atoms with E-state index in [-0.39, 0.29) is 19.0 Å². The highest BCUT2D eigenvalue weighted by molar-refractivity contribution is 7.59. The molecule has 7 heavy (non-hydrogen) atoms. The molecule has 0 unspecified atom stereocenters. The topological polar surface area (TPSA) is 40.7 Å². The first-order valence-electron chi connectivity index (χ1n) is 2.08. The molecule has 0 saturated carbocycles. The van der Waals surface area contributed by atoms with Gasteiger partial charge in [-0.1, -0.05) is 0 Å². The van der Waals surface area contributed by atoms with Gasteiger partial charge >= 0.3 is 0 Å². The van der Waals surface area contributed by atoms with Crippen LogP contribution in [0.3, 0.4) is 0 Å². The highest BCUT2D eigenvalue weighted by Gasteiger charge is 1.94. The first kappa shape index (κ1) is 10.3. The molecule has 1 aliphatic rings. The van der Waals surface area contributed by atoms with Gasteiger partial charge in [0.25, 0.3) is 0 Å². The quantitative estimate of drug-likeness (QED) is 0.451. The van der Waals surface area contributed by atoms with Crippen LogP contribution in [-0.4, -0.2) is 18.7 Å². The van der Waals surface area contributed by atoms with E-state index in [9.17, 15) is 0 Å². The summed E-state index contributed by atoms with van der Waals surface area (Å²) in [6, 6.07) is 0. The van der Waals surface area contributed by atoms with Crippen molar-refractivity contribution in [2.75, 3.05) is 13.2 Å². The monoisotopic (exact) mass is 124 g/mol. The van der Waals surface area contributed by atoms with Gasteiger partial charge in [0.15, 0.2) is 0 Å². The van der Waals surface area contributed by atoms with Crippen molar-refractivity contribution in [2.24, 2.45) is 0 Å². The van der Waals surface area contributed by atoms with Crippen LogP contribution < -0.4 is 0 Å². The maximum atomic E-state index is 4.94. The minimum absolute atomic E-state index is 0. The molecule has 1 rings (SSSR count). The Morgan fingerprint density at radius 2 is 1.43 bits per heavy atom. The minimum Gasteiger partial charge on any atom is -0.412 e. The molecule has 0 amide bonds. The molecular weight excluding hydrogens is 112 g/mol. The number of ether oxygens (including phenoxy) is 1. The van der Waals surface area contributed by atoms with Crippen molar-refractivity contribution in [2.45, 2.75) is 12.8 Å². The van der Waals surface area contributed by atoms with Crippen LogP contribution in [0.4, 0.5) is 0 Å². The number of hydrogen-bond donors (Lipinski definition) is 0. The summed E-state index contributed by atoms with van der Waals surface area (Å²) in [5.74, 6) is 0. The summed E-state index contributed by atoms with van der Waals surface area (Å²) < 4.78 is 4.94. The molecule has 0 atom stereocenters. The fraction of sp³-hybridized carbons (Fsp3) is 1.00. The highest BCUT2D eigenvalue weighted by atomic mass is 32.1. The van der Waals surface area contributed by atoms with Crippen LogP contribution in [0.2, 0.25) is 0 Å². The lowest BCUT2D eigenvalue weighted by molar-refractivity contribution is 0.198. The Morgan fingerprint density at radius 3 is 1.57 bits per heavy atom. The molecule has 1 heterocycles. The van der Waals surface area contributed by atoms with Crippen molar-refractivity contribution >= 4 is 13.5 Å². The van der Waals surface area contributed by atoms with Crippen LogP contribution in [0.5, 0.6) is 0 Å². The predicted octanol–water partition coefficient (Wildman–Crippen LogP) is 0.0849. The first-order valence-corrected chi connectivity index (χ1v) is 2.08. The van der Waals surface area contributed by atoms with Crippen molar-refractivity contribution < 1.29 is 10.2 Å². The molecule has 2 nitrogen and oxygen atoms in total. The lowest BCUT2D eigenvalue weighted by Crippen LogP contribution is -1.74. The van der Waals surface area contributed by atoms with E-state index in [1.807, 2.05) is 0 Å². The van der Waals surface area contributed by atoms with Crippen LogP contribution in [0.25, 0.3) is 0 Å². The van der Waals surface area contributed by atoms with Crippen molar-refractivity contribution in [3.05, 3.63) is 0 Å². The van der Waals surface area contributed by atoms with Crippen LogP contribution in [0.15, 0.2) is 0 Å². The van der Waals surface area contributed by atoms with Gasteiger partial charge in [0.05, 0.1) is 0 Å². The summed E-state index contributed by atoms with van der Waals surface area (Å²) in [7, 11) is 0. The maximum Gasteiger partial charge on any atom is 0.0466 e. The molecule has 2 N–H and O–H groups in total. The normalized spacial score (nSPS) is 17.1. The largest absolute Gasteiger partial charge is 0.412 e. The van der Waals surface area contributed by atoms with Gasteiger partial charge in [-0.3, -0.25) is 0 Å². The van der Waals surface area contributed by atoms with E-state index in [1.54, 1.807) is 0 Å². The number of rotatable bonds is 0. The van der Waals surface area contributed by atoms with Gasteiger partial charge in [-0.25, -0.2) is 0 Å². The fourth-order valence-electron chi connectivity index (χ4n) is 0.510. The van der Waals surface area contributed by atoms with E-state index in [4.69, 9.17) is 4.74 Å². The third-order valence-electron chi connectivity index (χ3n) is 0.827. The highest BCUT2D eigenvalue weighted by Crippen LogP contribution is 1.98. The zero-order valence-electron chi connectivity index (χ0n) is 4.24. The Bertz CT molecular complexity index is 21.3. The van der Waals surface area contributed by atoms with E-state index in [2.05, 4.69) is 0 Å². The van der Waals surface area contributed by atoms with Crippen LogP contribution in [0.1, 0.15) is 12.8 Å². The van der Waals surface area contributed by atoms with E-state index in [0.29, 0.717) is 0 Å². The summed E-state index contributed by atoms with van der Waals surface area (Å²) >= 11 is 0. The van der Waals surface area contributed by atoms with Crippen molar-refractivity contribution in [1.29, 1.82) is 0 Å². The summed E-state index contributed by atoms with van der Waals surface area (Å²) in [5, 5.41) is 0. The van der Waals surface area contributed by atoms with E-state index in [1.165, 1.54) is 12.8 Å². The Hall–Kier alpha value is 0.270. The van der Waals surface area contributed by atoms with E-state index >= 15 is 0 Å². The molecule has 1 aliphatic heterocycles. The van der Waals surface area contributed by atoms with Gasteiger partial charge in [-0.15, -0.1) is 0 Å². The third-order valence-corrected chi connectivity index (χ3v) is 0.827. The molecule has 0 aliphatic carbocycles. The molecule has 0 aromatic heterocycles. The zero-order chi connectivity index (χ0) is 3.54. The Kier molecular flexibility index (Phi) is 9.22. The first-order chi connectivity index (χ1) is 2.50. The Morgan fingerprint density at radius 1 is 1.00 bits per heavy atom. The van der Waals surface area contributed by atoms with Gasteiger partial charge in [0.1, 0.15) is 0 Å². The summed E-state index contributed by atoms with van der Waals surface area (Å²) in [4.78, 5) is 0. The minimum atomic E-state index is 0. The Balaban J connectivity index is 0. The molecule has 3 heteroatoms. The van der Waals surface area contributed by atoms with Gasteiger partial charge < -0.3 is 10.2 Å². The van der Waals surface area contributed by atoms with Gasteiger partial charge in [-0.05, 0) is 12.8 Å². The molecular formula is C4H12O2S. The second-order valence-corrected chi connectivity index (χ2v) is 1.32. The van der Waals surface area contributed by atoms with Gasteiger partial charge in [-0.2, -0.15) is 13.5 Å².